The standard InChI is InChI=1S/C94H84B2N4Se2/c1-91(2,3)63-39-47-67(48-40-63)97(79-35-23-19-31-73(79)61-27-15-13-16-28-61)71-55-83-89-87(57-71)101-85-37-25-21-33-75(85)95(89)77-59-78-82(60-81(77)99(83)69-51-43-65(44-52-69)93(7,8)9)100(70-53-45-66(46-54-70)94(10,11)12)84-56-72(58-88-90(84)96(78)76-34-22-26-38-86(76)102-88)98(68-49-41-64(42-50-68)92(4,5)6)80-36-24-20-32-74(80)62-29-17-14-18-30-62/h13-60H,1-12H3. The molecule has 4 aliphatic heterocycles. The predicted molar refractivity (Wildman–Crippen MR) is 443 cm³/mol. The molecule has 0 saturated carbocycles. The molecule has 4 heterocycles. The van der Waals surface area contributed by atoms with E-state index < -0.39 is 0 Å². The first-order chi connectivity index (χ1) is 49.1. The molecular weight excluding hydrogens is 1360 g/mol. The maximum atomic E-state index is 2.71. The summed E-state index contributed by atoms with van der Waals surface area (Å²) < 4.78 is 5.68. The van der Waals surface area contributed by atoms with Gasteiger partial charge in [0.15, 0.2) is 0 Å². The molecule has 0 atom stereocenters. The van der Waals surface area contributed by atoms with Gasteiger partial charge in [-0.2, -0.15) is 0 Å². The van der Waals surface area contributed by atoms with E-state index in [1.807, 2.05) is 0 Å². The molecule has 8 heteroatoms. The molecule has 0 amide bonds. The summed E-state index contributed by atoms with van der Waals surface area (Å²) in [6.45, 7) is 27.7. The van der Waals surface area contributed by atoms with Gasteiger partial charge in [0.25, 0.3) is 0 Å². The number of anilines is 12. The van der Waals surface area contributed by atoms with Crippen molar-refractivity contribution in [2.75, 3.05) is 19.6 Å². The fourth-order valence-electron chi connectivity index (χ4n) is 16.0. The van der Waals surface area contributed by atoms with Crippen LogP contribution in [0.3, 0.4) is 0 Å². The zero-order chi connectivity index (χ0) is 70.1. The van der Waals surface area contributed by atoms with Gasteiger partial charge in [0.05, 0.1) is 0 Å². The van der Waals surface area contributed by atoms with Gasteiger partial charge in [0.1, 0.15) is 0 Å². The predicted octanol–water partition coefficient (Wildman–Crippen LogP) is 17.7. The summed E-state index contributed by atoms with van der Waals surface area (Å²) in [6, 6.07) is 112. The molecule has 0 N–H and O–H groups in total. The van der Waals surface area contributed by atoms with Gasteiger partial charge in [0, 0.05) is 0 Å². The molecule has 13 aromatic carbocycles. The Morgan fingerprint density at radius 2 is 0.588 bits per heavy atom. The third-order valence-corrected chi connectivity index (χ3v) is 26.2. The van der Waals surface area contributed by atoms with Crippen molar-refractivity contribution < 1.29 is 0 Å². The first-order valence-corrected chi connectivity index (χ1v) is 39.5. The molecule has 0 aliphatic carbocycles. The topological polar surface area (TPSA) is 13.0 Å². The van der Waals surface area contributed by atoms with Gasteiger partial charge in [-0.25, -0.2) is 0 Å². The molecule has 4 aliphatic rings. The summed E-state index contributed by atoms with van der Waals surface area (Å²) in [7, 11) is 0. The summed E-state index contributed by atoms with van der Waals surface area (Å²) in [5.74, 6) is 0. The summed E-state index contributed by atoms with van der Waals surface area (Å²) in [5.41, 5.74) is 31.9. The van der Waals surface area contributed by atoms with Crippen LogP contribution in [0.5, 0.6) is 0 Å². The third-order valence-electron chi connectivity index (χ3n) is 21.4. The SMILES string of the molecule is CC(C)(C)c1ccc(N(c2cc3c4c(c2)N(c2ccc(C(C)(C)C)cc2)c2cc5c(cc2B4c2ccccc2[Se]3)B2c3ccccc3[Se]c3cc(N(c4ccc(C(C)(C)C)cc4)c4ccccc4-c4ccccc4)cc(c32)N5c2ccc(C(C)(C)C)cc2)c2ccccc2-c2ccccc2)cc1. The first-order valence-electron chi connectivity index (χ1n) is 36.1. The van der Waals surface area contributed by atoms with Crippen LogP contribution in [0.4, 0.5) is 68.2 Å². The van der Waals surface area contributed by atoms with E-state index in [-0.39, 0.29) is 65.0 Å². The van der Waals surface area contributed by atoms with Crippen LogP contribution in [0.15, 0.2) is 291 Å². The van der Waals surface area contributed by atoms with Crippen LogP contribution < -0.4 is 70.2 Å². The molecule has 13 aromatic rings. The summed E-state index contributed by atoms with van der Waals surface area (Å²) >= 11 is -0.0606. The maximum absolute atomic E-state index is 2.71. The van der Waals surface area contributed by atoms with Gasteiger partial charge in [-0.05, 0) is 0 Å². The van der Waals surface area contributed by atoms with Crippen LogP contribution in [0, 0.1) is 0 Å². The number of hydrogen-bond donors (Lipinski definition) is 0. The molecular formula is C94H84B2N4Se2. The number of benzene rings is 13. The van der Waals surface area contributed by atoms with Gasteiger partial charge < -0.3 is 0 Å². The second-order valence-corrected chi connectivity index (χ2v) is 36.7. The zero-order valence-corrected chi connectivity index (χ0v) is 63.9. The van der Waals surface area contributed by atoms with Crippen LogP contribution in [0.1, 0.15) is 105 Å². The van der Waals surface area contributed by atoms with Gasteiger partial charge >= 0.3 is 622 Å². The van der Waals surface area contributed by atoms with Crippen molar-refractivity contribution in [1.82, 2.24) is 0 Å². The van der Waals surface area contributed by atoms with Crippen molar-refractivity contribution in [2.24, 2.45) is 0 Å². The fraction of sp³-hybridized carbons (Fsp3) is 0.170. The number of fused-ring (bicyclic) bond motifs is 8. The molecule has 4 nitrogen and oxygen atoms in total. The third kappa shape index (κ3) is 11.5. The van der Waals surface area contributed by atoms with E-state index in [0.717, 1.165) is 45.5 Å². The van der Waals surface area contributed by atoms with Crippen molar-refractivity contribution in [3.8, 4) is 22.3 Å². The Morgan fingerprint density at radius 3 is 0.951 bits per heavy atom. The summed E-state index contributed by atoms with van der Waals surface area (Å²) in [4.78, 5) is 10.5. The van der Waals surface area contributed by atoms with Crippen molar-refractivity contribution in [1.29, 1.82) is 0 Å². The quantitative estimate of drug-likeness (QED) is 0.127. The first kappa shape index (κ1) is 65.5. The molecule has 0 bridgehead atoms. The van der Waals surface area contributed by atoms with Gasteiger partial charge in [-0.1, -0.05) is 0 Å². The number of nitrogens with zero attached hydrogens (tertiary/aromatic N) is 4. The molecule has 0 saturated heterocycles. The Bertz CT molecular complexity index is 5060. The minimum absolute atomic E-state index is 0.0187. The van der Waals surface area contributed by atoms with E-state index in [0.29, 0.717) is 0 Å². The van der Waals surface area contributed by atoms with Gasteiger partial charge in [-0.15, -0.1) is 0 Å². The average Bonchev–Trinajstić information content (AvgIpc) is 0.689. The van der Waals surface area contributed by atoms with Crippen LogP contribution in [-0.2, 0) is 21.7 Å². The van der Waals surface area contributed by atoms with Crippen molar-refractivity contribution >= 4 is 162 Å². The molecule has 498 valence electrons. The van der Waals surface area contributed by atoms with E-state index in [9.17, 15) is 0 Å². The zero-order valence-electron chi connectivity index (χ0n) is 60.5. The van der Waals surface area contributed by atoms with E-state index in [1.165, 1.54) is 118 Å². The Balaban J connectivity index is 0.961. The van der Waals surface area contributed by atoms with Crippen molar-refractivity contribution in [2.45, 2.75) is 105 Å². The Labute approximate surface area is 617 Å². The second-order valence-electron chi connectivity index (χ2n) is 32.2. The second kappa shape index (κ2) is 25.0. The number of para-hydroxylation sites is 2. The number of rotatable bonds is 10. The van der Waals surface area contributed by atoms with Gasteiger partial charge in [0.2, 0.25) is 0 Å². The van der Waals surface area contributed by atoms with E-state index >= 15 is 0 Å². The minimum atomic E-state index is -0.0518. The average molecular weight is 1450 g/mol. The fourth-order valence-corrected chi connectivity index (χ4v) is 21.1. The van der Waals surface area contributed by atoms with Crippen LogP contribution in [0.25, 0.3) is 22.3 Å². The molecule has 0 fully saturated rings. The normalized spacial score (nSPS) is 13.5. The Hall–Kier alpha value is -9.77. The Morgan fingerprint density at radius 1 is 0.265 bits per heavy atom. The monoisotopic (exact) mass is 1450 g/mol. The van der Waals surface area contributed by atoms with Gasteiger partial charge in [-0.3, -0.25) is 0 Å². The molecule has 102 heavy (non-hydrogen) atoms. The number of hydrogen-bond acceptors (Lipinski definition) is 4. The summed E-state index contributed by atoms with van der Waals surface area (Å²) in [6.07, 6.45) is 0. The van der Waals surface area contributed by atoms with Crippen LogP contribution >= 0.6 is 0 Å². The van der Waals surface area contributed by atoms with E-state index in [4.69, 9.17) is 0 Å². The Kier molecular flexibility index (Phi) is 16.1. The molecule has 0 unspecified atom stereocenters. The van der Waals surface area contributed by atoms with Crippen molar-refractivity contribution in [3.05, 3.63) is 313 Å². The molecule has 0 aromatic heterocycles. The molecule has 17 rings (SSSR count). The summed E-state index contributed by atoms with van der Waals surface area (Å²) in [5, 5.41) is 0. The van der Waals surface area contributed by atoms with E-state index in [1.54, 1.807) is 0 Å². The van der Waals surface area contributed by atoms with Crippen LogP contribution in [0.2, 0.25) is 0 Å². The molecule has 0 spiro atoms. The van der Waals surface area contributed by atoms with E-state index in [2.05, 4.69) is 394 Å². The van der Waals surface area contributed by atoms with Crippen molar-refractivity contribution in [3.63, 3.8) is 0 Å². The van der Waals surface area contributed by atoms with Crippen LogP contribution in [-0.4, -0.2) is 43.3 Å². The molecule has 0 radical (unpaired) electrons.